The molecule has 0 saturated heterocycles. The monoisotopic (exact) mass is 329 g/mol. The number of benzene rings is 1. The number of rotatable bonds is 5. The van der Waals surface area contributed by atoms with Gasteiger partial charge in [-0.15, -0.1) is 11.3 Å². The molecule has 5 heteroatoms. The number of nitrogens with one attached hydrogen (secondary N) is 1. The minimum Gasteiger partial charge on any atom is -0.387 e. The standard InChI is InChI=1S/C13H13BrFNOS/c14-10-5-12(18-8-10)6-16-7-13(17)9-2-1-3-11(15)4-9/h1-5,8,13,16-17H,6-7H2. The minimum atomic E-state index is -0.691. The molecule has 0 spiro atoms. The van der Waals surface area contributed by atoms with E-state index in [-0.39, 0.29) is 5.82 Å². The van der Waals surface area contributed by atoms with E-state index in [1.807, 2.05) is 11.4 Å². The first-order chi connectivity index (χ1) is 8.65. The average Bonchev–Trinajstić information content (AvgIpc) is 2.75. The van der Waals surface area contributed by atoms with Crippen molar-refractivity contribution in [1.29, 1.82) is 0 Å². The van der Waals surface area contributed by atoms with Gasteiger partial charge in [-0.2, -0.15) is 0 Å². The van der Waals surface area contributed by atoms with Gasteiger partial charge in [0.25, 0.3) is 0 Å². The fourth-order valence-electron chi connectivity index (χ4n) is 1.61. The summed E-state index contributed by atoms with van der Waals surface area (Å²) >= 11 is 5.04. The van der Waals surface area contributed by atoms with Crippen LogP contribution in [0.15, 0.2) is 40.2 Å². The van der Waals surface area contributed by atoms with Gasteiger partial charge in [0.2, 0.25) is 0 Å². The zero-order valence-electron chi connectivity index (χ0n) is 9.57. The molecule has 0 aliphatic carbocycles. The van der Waals surface area contributed by atoms with E-state index in [0.29, 0.717) is 18.7 Å². The van der Waals surface area contributed by atoms with Crippen LogP contribution >= 0.6 is 27.3 Å². The fourth-order valence-corrected chi connectivity index (χ4v) is 3.03. The summed E-state index contributed by atoms with van der Waals surface area (Å²) in [5.74, 6) is -0.325. The highest BCUT2D eigenvalue weighted by Crippen LogP contribution is 2.19. The maximum atomic E-state index is 13.0. The van der Waals surface area contributed by atoms with Crippen LogP contribution in [0.3, 0.4) is 0 Å². The third-order valence-corrected chi connectivity index (χ3v) is 4.19. The third-order valence-electron chi connectivity index (χ3n) is 2.49. The van der Waals surface area contributed by atoms with Crippen LogP contribution in [0, 0.1) is 5.82 Å². The van der Waals surface area contributed by atoms with Gasteiger partial charge in [0, 0.05) is 27.8 Å². The van der Waals surface area contributed by atoms with E-state index in [1.54, 1.807) is 23.5 Å². The molecule has 0 aliphatic heterocycles. The topological polar surface area (TPSA) is 32.3 Å². The van der Waals surface area contributed by atoms with E-state index in [9.17, 15) is 9.50 Å². The third kappa shape index (κ3) is 3.88. The molecule has 2 aromatic rings. The van der Waals surface area contributed by atoms with Crippen LogP contribution in [0.1, 0.15) is 16.5 Å². The molecule has 96 valence electrons. The van der Waals surface area contributed by atoms with Crippen molar-refractivity contribution in [2.24, 2.45) is 0 Å². The lowest BCUT2D eigenvalue weighted by molar-refractivity contribution is 0.174. The van der Waals surface area contributed by atoms with Crippen molar-refractivity contribution in [2.75, 3.05) is 6.54 Å². The van der Waals surface area contributed by atoms with E-state index in [0.717, 1.165) is 4.47 Å². The van der Waals surface area contributed by atoms with Crippen molar-refractivity contribution in [3.8, 4) is 0 Å². The first-order valence-corrected chi connectivity index (χ1v) is 7.19. The molecule has 0 fully saturated rings. The van der Waals surface area contributed by atoms with Crippen molar-refractivity contribution in [3.05, 3.63) is 56.4 Å². The highest BCUT2D eigenvalue weighted by molar-refractivity contribution is 9.10. The molecular weight excluding hydrogens is 317 g/mol. The quantitative estimate of drug-likeness (QED) is 0.880. The molecular formula is C13H13BrFNOS. The van der Waals surface area contributed by atoms with Crippen LogP contribution in [-0.4, -0.2) is 11.7 Å². The Morgan fingerprint density at radius 1 is 1.39 bits per heavy atom. The van der Waals surface area contributed by atoms with Gasteiger partial charge in [0.15, 0.2) is 0 Å². The van der Waals surface area contributed by atoms with Crippen molar-refractivity contribution < 1.29 is 9.50 Å². The first kappa shape index (κ1) is 13.7. The maximum absolute atomic E-state index is 13.0. The summed E-state index contributed by atoms with van der Waals surface area (Å²) in [4.78, 5) is 1.19. The zero-order chi connectivity index (χ0) is 13.0. The second-order valence-electron chi connectivity index (χ2n) is 3.93. The van der Waals surface area contributed by atoms with Crippen molar-refractivity contribution in [3.63, 3.8) is 0 Å². The lowest BCUT2D eigenvalue weighted by Crippen LogP contribution is -2.20. The Morgan fingerprint density at radius 2 is 2.22 bits per heavy atom. The Labute approximate surface area is 118 Å². The lowest BCUT2D eigenvalue weighted by Gasteiger charge is -2.11. The largest absolute Gasteiger partial charge is 0.387 e. The van der Waals surface area contributed by atoms with E-state index in [1.165, 1.54) is 17.0 Å². The second-order valence-corrected chi connectivity index (χ2v) is 5.84. The van der Waals surface area contributed by atoms with Crippen LogP contribution in [0.2, 0.25) is 0 Å². The zero-order valence-corrected chi connectivity index (χ0v) is 12.0. The summed E-state index contributed by atoms with van der Waals surface area (Å²) in [5, 5.41) is 15.1. The van der Waals surface area contributed by atoms with E-state index in [2.05, 4.69) is 21.2 Å². The van der Waals surface area contributed by atoms with Crippen LogP contribution in [0.5, 0.6) is 0 Å². The average molecular weight is 330 g/mol. The molecule has 18 heavy (non-hydrogen) atoms. The summed E-state index contributed by atoms with van der Waals surface area (Å²) in [6.07, 6.45) is -0.691. The summed E-state index contributed by atoms with van der Waals surface area (Å²) in [5.41, 5.74) is 0.592. The number of aliphatic hydroxyl groups excluding tert-OH is 1. The molecule has 2 rings (SSSR count). The Balaban J connectivity index is 1.83. The van der Waals surface area contributed by atoms with Crippen LogP contribution in [-0.2, 0) is 6.54 Å². The molecule has 1 atom stereocenters. The maximum Gasteiger partial charge on any atom is 0.123 e. The molecule has 1 unspecified atom stereocenters. The Morgan fingerprint density at radius 3 is 2.89 bits per heavy atom. The van der Waals surface area contributed by atoms with Gasteiger partial charge in [0.1, 0.15) is 5.82 Å². The van der Waals surface area contributed by atoms with Crippen molar-refractivity contribution in [1.82, 2.24) is 5.32 Å². The SMILES string of the molecule is OC(CNCc1cc(Br)cs1)c1cccc(F)c1. The molecule has 1 aromatic carbocycles. The molecule has 1 aromatic heterocycles. The molecule has 0 saturated carbocycles. The highest BCUT2D eigenvalue weighted by atomic mass is 79.9. The Kier molecular flexibility index (Phi) is 4.88. The smallest absolute Gasteiger partial charge is 0.123 e. The number of hydrogen-bond acceptors (Lipinski definition) is 3. The Hall–Kier alpha value is -0.750. The summed E-state index contributed by atoms with van der Waals surface area (Å²) in [6, 6.07) is 8.08. The summed E-state index contributed by atoms with van der Waals surface area (Å²) in [6.45, 7) is 1.10. The number of aliphatic hydroxyl groups is 1. The molecule has 2 nitrogen and oxygen atoms in total. The molecule has 2 N–H and O–H groups in total. The van der Waals surface area contributed by atoms with Gasteiger partial charge in [-0.1, -0.05) is 12.1 Å². The Bertz CT molecular complexity index is 517. The fraction of sp³-hybridized carbons (Fsp3) is 0.231. The van der Waals surface area contributed by atoms with Gasteiger partial charge in [-0.25, -0.2) is 4.39 Å². The predicted molar refractivity (Wildman–Crippen MR) is 75.1 cm³/mol. The minimum absolute atomic E-state index is 0.325. The first-order valence-electron chi connectivity index (χ1n) is 5.52. The van der Waals surface area contributed by atoms with Crippen molar-refractivity contribution in [2.45, 2.75) is 12.6 Å². The van der Waals surface area contributed by atoms with Gasteiger partial charge in [0.05, 0.1) is 6.10 Å². The van der Waals surface area contributed by atoms with Crippen molar-refractivity contribution >= 4 is 27.3 Å². The van der Waals surface area contributed by atoms with Crippen LogP contribution < -0.4 is 5.32 Å². The molecule has 0 amide bonds. The van der Waals surface area contributed by atoms with Gasteiger partial charge in [-0.05, 0) is 39.7 Å². The molecule has 0 bridgehead atoms. The van der Waals surface area contributed by atoms with Crippen LogP contribution in [0.4, 0.5) is 4.39 Å². The molecule has 0 radical (unpaired) electrons. The molecule has 1 heterocycles. The highest BCUT2D eigenvalue weighted by Gasteiger charge is 2.08. The predicted octanol–water partition coefficient (Wildman–Crippen LogP) is 3.47. The van der Waals surface area contributed by atoms with Crippen LogP contribution in [0.25, 0.3) is 0 Å². The number of halogens is 2. The normalized spacial score (nSPS) is 12.6. The molecule has 0 aliphatic rings. The second kappa shape index (κ2) is 6.43. The van der Waals surface area contributed by atoms with E-state index < -0.39 is 6.10 Å². The van der Waals surface area contributed by atoms with E-state index >= 15 is 0 Å². The summed E-state index contributed by atoms with van der Waals surface area (Å²) < 4.78 is 14.0. The van der Waals surface area contributed by atoms with Gasteiger partial charge in [-0.3, -0.25) is 0 Å². The van der Waals surface area contributed by atoms with E-state index in [4.69, 9.17) is 0 Å². The van der Waals surface area contributed by atoms with Gasteiger partial charge >= 0.3 is 0 Å². The number of thiophene rings is 1. The number of hydrogen-bond donors (Lipinski definition) is 2. The van der Waals surface area contributed by atoms with Gasteiger partial charge < -0.3 is 10.4 Å². The lowest BCUT2D eigenvalue weighted by atomic mass is 10.1. The summed E-state index contributed by atoms with van der Waals surface area (Å²) in [7, 11) is 0.